The number of aromatic nitrogens is 2. The number of carbonyl (C=O) groups excluding carboxylic acids is 2. The van der Waals surface area contributed by atoms with Gasteiger partial charge in [0.2, 0.25) is 5.13 Å². The number of aliphatic hydroxyl groups is 1. The molecule has 1 aromatic heterocycles. The third-order valence-electron chi connectivity index (χ3n) is 6.15. The number of ether oxygens (including phenoxy) is 1. The summed E-state index contributed by atoms with van der Waals surface area (Å²) in [6, 6.07) is 25.7. The maximum Gasteiger partial charge on any atom is 0.296 e. The third-order valence-corrected chi connectivity index (χ3v) is 8.28. The van der Waals surface area contributed by atoms with E-state index in [1.807, 2.05) is 85.8 Å². The predicted molar refractivity (Wildman–Crippen MR) is 159 cm³/mol. The van der Waals surface area contributed by atoms with Crippen molar-refractivity contribution in [3.8, 4) is 5.75 Å². The summed E-state index contributed by atoms with van der Waals surface area (Å²) in [5.74, 6) is -0.453. The molecule has 3 aromatic carbocycles. The van der Waals surface area contributed by atoms with E-state index in [0.717, 1.165) is 17.5 Å². The molecular weight excluding hydrogens is 542 g/mol. The lowest BCUT2D eigenvalue weighted by molar-refractivity contribution is -0.117. The van der Waals surface area contributed by atoms with Gasteiger partial charge in [0.25, 0.3) is 5.91 Å². The molecule has 0 saturated heterocycles. The van der Waals surface area contributed by atoms with E-state index in [2.05, 4.69) is 10.2 Å². The Kier molecular flexibility index (Phi) is 8.73. The van der Waals surface area contributed by atoms with Crippen LogP contribution in [-0.4, -0.2) is 33.6 Å². The van der Waals surface area contributed by atoms with Gasteiger partial charge in [-0.2, -0.15) is 0 Å². The second-order valence-electron chi connectivity index (χ2n) is 8.99. The van der Waals surface area contributed by atoms with Gasteiger partial charge in [-0.25, -0.2) is 0 Å². The van der Waals surface area contributed by atoms with Gasteiger partial charge in [0.1, 0.15) is 5.75 Å². The maximum absolute atomic E-state index is 13.5. The van der Waals surface area contributed by atoms with E-state index in [9.17, 15) is 14.7 Å². The number of carbonyl (C=O) groups is 2. The van der Waals surface area contributed by atoms with Crippen molar-refractivity contribution >= 4 is 46.0 Å². The quantitative estimate of drug-likeness (QED) is 0.121. The van der Waals surface area contributed by atoms with Gasteiger partial charge < -0.3 is 9.84 Å². The van der Waals surface area contributed by atoms with E-state index in [1.54, 1.807) is 12.1 Å². The van der Waals surface area contributed by atoms with E-state index in [4.69, 9.17) is 4.74 Å². The maximum atomic E-state index is 13.5. The molecule has 1 unspecified atom stereocenters. The van der Waals surface area contributed by atoms with Gasteiger partial charge in [-0.15, -0.1) is 10.2 Å². The van der Waals surface area contributed by atoms with E-state index in [1.165, 1.54) is 34.1 Å². The summed E-state index contributed by atoms with van der Waals surface area (Å²) in [7, 11) is 0. The van der Waals surface area contributed by atoms with Crippen LogP contribution in [0.1, 0.15) is 36.1 Å². The number of hydrogen-bond donors (Lipinski definition) is 1. The van der Waals surface area contributed by atoms with E-state index < -0.39 is 23.5 Å². The Labute approximate surface area is 240 Å². The number of ketones is 1. The molecule has 0 spiro atoms. The van der Waals surface area contributed by atoms with Gasteiger partial charge in [-0.05, 0) is 41.3 Å². The predicted octanol–water partition coefficient (Wildman–Crippen LogP) is 6.80. The standard InChI is InChI=1S/C31H27N3O4S2/c1-2-18-38-24-15-9-14-23(19-24)27-26(25(35)17-16-21-10-5-3-6-11-21)28(36)29(37)34(27)30-32-33-31(40-30)39-20-22-12-7-4-8-13-22/h3-17,19,27,36H,2,18,20H2,1H3. The van der Waals surface area contributed by atoms with Crippen LogP contribution in [0.3, 0.4) is 0 Å². The van der Waals surface area contributed by atoms with Gasteiger partial charge in [-0.1, -0.05) is 109 Å². The average Bonchev–Trinajstić information content (AvgIpc) is 3.56. The zero-order valence-corrected chi connectivity index (χ0v) is 23.4. The van der Waals surface area contributed by atoms with Crippen molar-refractivity contribution in [1.29, 1.82) is 0 Å². The molecule has 4 aromatic rings. The Morgan fingerprint density at radius 3 is 2.55 bits per heavy atom. The summed E-state index contributed by atoms with van der Waals surface area (Å²) >= 11 is 2.75. The molecule has 1 amide bonds. The zero-order valence-electron chi connectivity index (χ0n) is 21.8. The van der Waals surface area contributed by atoms with Crippen LogP contribution in [0.5, 0.6) is 5.75 Å². The minimum absolute atomic E-state index is 0.0153. The lowest BCUT2D eigenvalue weighted by Gasteiger charge is -2.24. The first-order valence-electron chi connectivity index (χ1n) is 12.8. The summed E-state index contributed by atoms with van der Waals surface area (Å²) < 4.78 is 6.49. The first-order valence-corrected chi connectivity index (χ1v) is 14.6. The van der Waals surface area contributed by atoms with E-state index in [0.29, 0.717) is 33.1 Å². The number of rotatable bonds is 11. The van der Waals surface area contributed by atoms with Gasteiger partial charge in [0, 0.05) is 5.75 Å². The number of amides is 1. The van der Waals surface area contributed by atoms with Crippen molar-refractivity contribution in [2.75, 3.05) is 11.5 Å². The highest BCUT2D eigenvalue weighted by atomic mass is 32.2. The zero-order chi connectivity index (χ0) is 27.9. The fraction of sp³-hybridized carbons (Fsp3) is 0.161. The largest absolute Gasteiger partial charge is 0.503 e. The van der Waals surface area contributed by atoms with Gasteiger partial charge in [-0.3, -0.25) is 14.5 Å². The van der Waals surface area contributed by atoms with E-state index >= 15 is 0 Å². The lowest BCUT2D eigenvalue weighted by Crippen LogP contribution is -2.30. The SMILES string of the molecule is CCCOc1cccc(C2C(C(=O)C=Cc3ccccc3)=C(O)C(=O)N2c2nnc(SCc3ccccc3)s2)c1. The molecule has 0 saturated carbocycles. The second-order valence-corrected chi connectivity index (χ2v) is 11.2. The first kappa shape index (κ1) is 27.4. The van der Waals surface area contributed by atoms with Crippen LogP contribution >= 0.6 is 23.1 Å². The Morgan fingerprint density at radius 1 is 1.05 bits per heavy atom. The number of benzene rings is 3. The van der Waals surface area contributed by atoms with E-state index in [-0.39, 0.29) is 5.57 Å². The molecule has 7 nitrogen and oxygen atoms in total. The van der Waals surface area contributed by atoms with Gasteiger partial charge in [0.05, 0.1) is 18.2 Å². The van der Waals surface area contributed by atoms with Crippen LogP contribution in [0.2, 0.25) is 0 Å². The minimum atomic E-state index is -0.898. The molecule has 40 heavy (non-hydrogen) atoms. The number of nitrogens with zero attached hydrogens (tertiary/aromatic N) is 3. The molecule has 0 aliphatic carbocycles. The first-order chi connectivity index (χ1) is 19.5. The van der Waals surface area contributed by atoms with Crippen LogP contribution in [0, 0.1) is 0 Å². The molecule has 1 N–H and O–H groups in total. The summed E-state index contributed by atoms with van der Waals surface area (Å²) in [5.41, 5.74) is 2.57. The number of allylic oxidation sites excluding steroid dienone is 1. The summed E-state index contributed by atoms with van der Waals surface area (Å²) in [6.07, 6.45) is 3.88. The number of hydrogen-bond acceptors (Lipinski definition) is 8. The second kappa shape index (κ2) is 12.8. The fourth-order valence-electron chi connectivity index (χ4n) is 4.27. The summed E-state index contributed by atoms with van der Waals surface area (Å²) in [4.78, 5) is 28.3. The number of anilines is 1. The van der Waals surface area contributed by atoms with Gasteiger partial charge in [0.15, 0.2) is 15.9 Å². The van der Waals surface area contributed by atoms with Crippen LogP contribution in [0.25, 0.3) is 6.08 Å². The molecule has 0 radical (unpaired) electrons. The van der Waals surface area contributed by atoms with Crippen molar-refractivity contribution in [3.05, 3.63) is 119 Å². The average molecular weight is 570 g/mol. The Bertz CT molecular complexity index is 1550. The smallest absolute Gasteiger partial charge is 0.296 e. The van der Waals surface area contributed by atoms with Crippen molar-refractivity contribution < 1.29 is 19.4 Å². The minimum Gasteiger partial charge on any atom is -0.503 e. The molecule has 9 heteroatoms. The molecule has 0 bridgehead atoms. The molecule has 2 heterocycles. The van der Waals surface area contributed by atoms with Crippen LogP contribution in [0.4, 0.5) is 5.13 Å². The van der Waals surface area contributed by atoms with Crippen molar-refractivity contribution in [2.45, 2.75) is 29.5 Å². The molecule has 0 fully saturated rings. The van der Waals surface area contributed by atoms with Crippen LogP contribution < -0.4 is 9.64 Å². The van der Waals surface area contributed by atoms with Crippen molar-refractivity contribution in [1.82, 2.24) is 10.2 Å². The summed E-state index contributed by atoms with van der Waals surface area (Å²) in [5, 5.41) is 19.9. The molecule has 5 rings (SSSR count). The third kappa shape index (κ3) is 6.16. The number of thioether (sulfide) groups is 1. The highest BCUT2D eigenvalue weighted by Crippen LogP contribution is 2.44. The monoisotopic (exact) mass is 569 g/mol. The normalized spacial score (nSPS) is 15.3. The lowest BCUT2D eigenvalue weighted by atomic mass is 9.95. The Hall–Kier alpha value is -4.21. The van der Waals surface area contributed by atoms with Crippen LogP contribution in [0.15, 0.2) is 107 Å². The Morgan fingerprint density at radius 2 is 1.80 bits per heavy atom. The Balaban J connectivity index is 1.48. The van der Waals surface area contributed by atoms with Crippen LogP contribution in [-0.2, 0) is 15.3 Å². The fourth-order valence-corrected chi connectivity index (χ4v) is 6.09. The molecule has 1 atom stereocenters. The molecule has 202 valence electrons. The highest BCUT2D eigenvalue weighted by Gasteiger charge is 2.45. The molecule has 1 aliphatic rings. The van der Waals surface area contributed by atoms with Crippen molar-refractivity contribution in [3.63, 3.8) is 0 Å². The van der Waals surface area contributed by atoms with Crippen molar-refractivity contribution in [2.24, 2.45) is 0 Å². The molecular formula is C31H27N3O4S2. The molecule has 1 aliphatic heterocycles. The topological polar surface area (TPSA) is 92.6 Å². The number of aliphatic hydroxyl groups excluding tert-OH is 1. The highest BCUT2D eigenvalue weighted by molar-refractivity contribution is 8.00. The van der Waals surface area contributed by atoms with Gasteiger partial charge >= 0.3 is 0 Å². The summed E-state index contributed by atoms with van der Waals surface area (Å²) in [6.45, 7) is 2.54.